The molecule has 1 heterocycles. The molecule has 0 saturated heterocycles. The Morgan fingerprint density at radius 2 is 1.78 bits per heavy atom. The lowest BCUT2D eigenvalue weighted by Crippen LogP contribution is -2.20. The molecular weight excluding hydrogens is 364 g/mol. The number of carbonyl (C=O) groups is 2. The van der Waals surface area contributed by atoms with Crippen LogP contribution in [0.2, 0.25) is 5.02 Å². The van der Waals surface area contributed by atoms with Gasteiger partial charge in [-0.3, -0.25) is 4.79 Å². The van der Waals surface area contributed by atoms with Crippen molar-refractivity contribution >= 4 is 23.4 Å². The van der Waals surface area contributed by atoms with Crippen molar-refractivity contribution < 1.29 is 19.4 Å². The van der Waals surface area contributed by atoms with Gasteiger partial charge in [0.25, 0.3) is 0 Å². The van der Waals surface area contributed by atoms with E-state index < -0.39 is 23.8 Å². The smallest absolute Gasteiger partial charge is 0.346 e. The van der Waals surface area contributed by atoms with E-state index in [0.29, 0.717) is 24.3 Å². The van der Waals surface area contributed by atoms with Crippen LogP contribution >= 0.6 is 11.6 Å². The van der Waals surface area contributed by atoms with Gasteiger partial charge >= 0.3 is 5.97 Å². The quantitative estimate of drug-likeness (QED) is 0.565. The van der Waals surface area contributed by atoms with E-state index in [1.54, 1.807) is 19.1 Å². The fourth-order valence-electron chi connectivity index (χ4n) is 3.19. The number of hydrogen-bond donors (Lipinski definition) is 1. The molecule has 0 spiro atoms. The maximum absolute atomic E-state index is 12.7. The molecule has 2 aromatic carbocycles. The third-order valence-corrected chi connectivity index (χ3v) is 4.95. The number of aliphatic hydroxyl groups excluding tert-OH is 1. The van der Waals surface area contributed by atoms with E-state index in [2.05, 4.69) is 0 Å². The summed E-state index contributed by atoms with van der Waals surface area (Å²) in [6, 6.07) is 16.9. The number of carbonyl (C=O) groups excluding carboxylic acids is 2. The third kappa shape index (κ3) is 4.58. The van der Waals surface area contributed by atoms with Crippen LogP contribution in [0.15, 0.2) is 65.9 Å². The molecule has 2 aromatic rings. The first kappa shape index (κ1) is 19.2. The van der Waals surface area contributed by atoms with E-state index in [-0.39, 0.29) is 11.3 Å². The number of aliphatic hydroxyl groups is 1. The molecule has 0 amide bonds. The average Bonchev–Trinajstić information content (AvgIpc) is 2.95. The summed E-state index contributed by atoms with van der Waals surface area (Å²) in [7, 11) is 0. The molecule has 3 rings (SSSR count). The maximum atomic E-state index is 12.7. The zero-order chi connectivity index (χ0) is 19.4. The van der Waals surface area contributed by atoms with Crippen LogP contribution in [0.25, 0.3) is 0 Å². The Kier molecular flexibility index (Phi) is 5.97. The summed E-state index contributed by atoms with van der Waals surface area (Å²) in [5, 5.41) is 11.0. The number of Topliss-reactive ketones (excluding diaryl/α,β-unsaturated/α-hetero) is 1. The van der Waals surface area contributed by atoms with Crippen LogP contribution in [0.4, 0.5) is 0 Å². The molecule has 0 fully saturated rings. The molecule has 5 heteroatoms. The van der Waals surface area contributed by atoms with Crippen molar-refractivity contribution in [3.8, 4) is 0 Å². The Bertz CT molecular complexity index is 856. The Labute approximate surface area is 163 Å². The predicted molar refractivity (Wildman–Crippen MR) is 104 cm³/mol. The van der Waals surface area contributed by atoms with Crippen molar-refractivity contribution in [1.82, 2.24) is 0 Å². The molecule has 1 aliphatic rings. The van der Waals surface area contributed by atoms with E-state index in [1.807, 2.05) is 42.5 Å². The standard InChI is InChI=1S/C22H21ClO4/c1-14(13-16-7-10-17(23)11-8-16)20(24)19-21(25)18(27-22(19)26)12-9-15-5-3-2-4-6-15/h2-8,10-11,14,18,25H,9,12-13H2,1H3. The van der Waals surface area contributed by atoms with Gasteiger partial charge in [0.05, 0.1) is 0 Å². The third-order valence-electron chi connectivity index (χ3n) is 4.70. The van der Waals surface area contributed by atoms with E-state index in [0.717, 1.165) is 11.1 Å². The molecule has 0 radical (unpaired) electrons. The summed E-state index contributed by atoms with van der Waals surface area (Å²) in [6.45, 7) is 1.74. The Morgan fingerprint density at radius 3 is 2.44 bits per heavy atom. The highest BCUT2D eigenvalue weighted by atomic mass is 35.5. The lowest BCUT2D eigenvalue weighted by molar-refractivity contribution is -0.141. The lowest BCUT2D eigenvalue weighted by atomic mass is 9.92. The SMILES string of the molecule is CC(Cc1ccc(Cl)cc1)C(=O)C1=C(O)C(CCc2ccccc2)OC1=O. The number of rotatable bonds is 7. The molecular formula is C22H21ClO4. The first-order valence-electron chi connectivity index (χ1n) is 8.92. The summed E-state index contributed by atoms with van der Waals surface area (Å²) in [6.07, 6.45) is 0.767. The first-order chi connectivity index (χ1) is 13.0. The second-order valence-electron chi connectivity index (χ2n) is 6.77. The molecule has 0 bridgehead atoms. The highest BCUT2D eigenvalue weighted by molar-refractivity contribution is 6.30. The number of esters is 1. The van der Waals surface area contributed by atoms with E-state index in [9.17, 15) is 14.7 Å². The van der Waals surface area contributed by atoms with Gasteiger partial charge in [0.2, 0.25) is 0 Å². The maximum Gasteiger partial charge on any atom is 0.346 e. The van der Waals surface area contributed by atoms with Crippen LogP contribution < -0.4 is 0 Å². The van der Waals surface area contributed by atoms with Crippen LogP contribution in [0, 0.1) is 5.92 Å². The normalized spacial score (nSPS) is 17.7. The number of ketones is 1. The largest absolute Gasteiger partial charge is 0.507 e. The van der Waals surface area contributed by atoms with Crippen LogP contribution in [0.1, 0.15) is 24.5 Å². The molecule has 140 valence electrons. The molecule has 0 aromatic heterocycles. The molecule has 0 aliphatic carbocycles. The van der Waals surface area contributed by atoms with Gasteiger partial charge in [-0.15, -0.1) is 0 Å². The number of hydrogen-bond acceptors (Lipinski definition) is 4. The van der Waals surface area contributed by atoms with Crippen molar-refractivity contribution in [2.24, 2.45) is 5.92 Å². The van der Waals surface area contributed by atoms with Crippen LogP contribution in [0.5, 0.6) is 0 Å². The fraction of sp³-hybridized carbons (Fsp3) is 0.273. The lowest BCUT2D eigenvalue weighted by Gasteiger charge is -2.10. The molecule has 2 atom stereocenters. The van der Waals surface area contributed by atoms with Gasteiger partial charge in [0.15, 0.2) is 17.6 Å². The average molecular weight is 385 g/mol. The van der Waals surface area contributed by atoms with E-state index in [4.69, 9.17) is 16.3 Å². The van der Waals surface area contributed by atoms with Crippen LogP contribution in [-0.2, 0) is 27.2 Å². The molecule has 0 saturated carbocycles. The second kappa shape index (κ2) is 8.40. The second-order valence-corrected chi connectivity index (χ2v) is 7.21. The number of cyclic esters (lactones) is 1. The zero-order valence-corrected chi connectivity index (χ0v) is 15.8. The van der Waals surface area contributed by atoms with Gasteiger partial charge in [-0.05, 0) is 42.5 Å². The highest BCUT2D eigenvalue weighted by Crippen LogP contribution is 2.28. The van der Waals surface area contributed by atoms with Crippen molar-refractivity contribution in [2.75, 3.05) is 0 Å². The number of halogens is 1. The van der Waals surface area contributed by atoms with Crippen molar-refractivity contribution in [2.45, 2.75) is 32.3 Å². The molecule has 27 heavy (non-hydrogen) atoms. The van der Waals surface area contributed by atoms with Crippen molar-refractivity contribution in [3.63, 3.8) is 0 Å². The zero-order valence-electron chi connectivity index (χ0n) is 15.0. The summed E-state index contributed by atoms with van der Waals surface area (Å²) in [5.41, 5.74) is 1.80. The monoisotopic (exact) mass is 384 g/mol. The molecule has 1 aliphatic heterocycles. The number of aryl methyl sites for hydroxylation is 1. The van der Waals surface area contributed by atoms with Gasteiger partial charge in [-0.2, -0.15) is 0 Å². The summed E-state index contributed by atoms with van der Waals surface area (Å²) < 4.78 is 5.24. The Hall–Kier alpha value is -2.59. The van der Waals surface area contributed by atoms with Gasteiger partial charge in [-0.25, -0.2) is 4.79 Å². The van der Waals surface area contributed by atoms with Gasteiger partial charge in [-0.1, -0.05) is 61.0 Å². The van der Waals surface area contributed by atoms with E-state index >= 15 is 0 Å². The first-order valence-corrected chi connectivity index (χ1v) is 9.30. The Balaban J connectivity index is 1.67. The summed E-state index contributed by atoms with van der Waals surface area (Å²) in [5.74, 6) is -1.83. The topological polar surface area (TPSA) is 63.6 Å². The number of benzene rings is 2. The minimum Gasteiger partial charge on any atom is -0.507 e. The van der Waals surface area contributed by atoms with Crippen LogP contribution in [0.3, 0.4) is 0 Å². The number of ether oxygens (including phenoxy) is 1. The van der Waals surface area contributed by atoms with Gasteiger partial charge in [0.1, 0.15) is 5.57 Å². The Morgan fingerprint density at radius 1 is 1.11 bits per heavy atom. The molecule has 1 N–H and O–H groups in total. The van der Waals surface area contributed by atoms with Crippen LogP contribution in [-0.4, -0.2) is 23.0 Å². The molecule has 4 nitrogen and oxygen atoms in total. The minimum atomic E-state index is -0.764. The van der Waals surface area contributed by atoms with E-state index in [1.165, 1.54) is 0 Å². The fourth-order valence-corrected chi connectivity index (χ4v) is 3.31. The highest BCUT2D eigenvalue weighted by Gasteiger charge is 2.39. The molecule has 2 unspecified atom stereocenters. The van der Waals surface area contributed by atoms with Gasteiger partial charge < -0.3 is 9.84 Å². The van der Waals surface area contributed by atoms with Crippen molar-refractivity contribution in [3.05, 3.63) is 82.1 Å². The van der Waals surface area contributed by atoms with Crippen molar-refractivity contribution in [1.29, 1.82) is 0 Å². The van der Waals surface area contributed by atoms with Gasteiger partial charge in [0, 0.05) is 10.9 Å². The predicted octanol–water partition coefficient (Wildman–Crippen LogP) is 4.46. The summed E-state index contributed by atoms with van der Waals surface area (Å²) >= 11 is 5.87. The summed E-state index contributed by atoms with van der Waals surface area (Å²) in [4.78, 5) is 24.9. The minimum absolute atomic E-state index is 0.213.